The van der Waals surface area contributed by atoms with Crippen LogP contribution in [0, 0.1) is 0 Å². The maximum Gasteiger partial charge on any atom is 0.175 e. The van der Waals surface area contributed by atoms with Gasteiger partial charge >= 0.3 is 0 Å². The van der Waals surface area contributed by atoms with Gasteiger partial charge in [-0.15, -0.1) is 0 Å². The average molecular weight is 140 g/mol. The molecule has 0 bridgehead atoms. The third-order valence-electron chi connectivity index (χ3n) is 1.53. The Morgan fingerprint density at radius 1 is 1.60 bits per heavy atom. The van der Waals surface area contributed by atoms with Crippen LogP contribution in [-0.4, -0.2) is 37.9 Å². The van der Waals surface area contributed by atoms with Gasteiger partial charge in [0.2, 0.25) is 0 Å². The fourth-order valence-corrected chi connectivity index (χ4v) is 1.08. The topological polar surface area (TPSA) is 32.3 Å². The number of likely N-dealkylation sites (tertiary alicyclic amines) is 1. The summed E-state index contributed by atoms with van der Waals surface area (Å²) in [6.07, 6.45) is 1.77. The van der Waals surface area contributed by atoms with Crippen LogP contribution in [0.1, 0.15) is 0 Å². The standard InChI is InChI=1S/C7H12N2O/c1-8-3-6-4-9(2)5-7(6)10/h3,8H,4-5H2,1-2H3/b6-3-. The highest BCUT2D eigenvalue weighted by molar-refractivity contribution is 5.99. The summed E-state index contributed by atoms with van der Waals surface area (Å²) in [5.41, 5.74) is 0.880. The summed E-state index contributed by atoms with van der Waals surface area (Å²) in [5, 5.41) is 2.85. The van der Waals surface area contributed by atoms with Gasteiger partial charge in [0.1, 0.15) is 0 Å². The largest absolute Gasteiger partial charge is 0.394 e. The lowest BCUT2D eigenvalue weighted by Crippen LogP contribution is -2.13. The van der Waals surface area contributed by atoms with E-state index in [0.717, 1.165) is 12.1 Å². The van der Waals surface area contributed by atoms with Crippen LogP contribution < -0.4 is 5.32 Å². The molecule has 56 valence electrons. The minimum atomic E-state index is 0.233. The number of carbonyl (C=O) groups is 1. The van der Waals surface area contributed by atoms with Crippen molar-refractivity contribution in [1.82, 2.24) is 10.2 Å². The third kappa shape index (κ3) is 1.36. The van der Waals surface area contributed by atoms with E-state index in [1.807, 2.05) is 11.9 Å². The van der Waals surface area contributed by atoms with E-state index >= 15 is 0 Å². The van der Waals surface area contributed by atoms with Crippen LogP contribution in [0.3, 0.4) is 0 Å². The molecule has 1 fully saturated rings. The molecule has 0 atom stereocenters. The molecule has 0 aromatic carbocycles. The highest BCUT2D eigenvalue weighted by atomic mass is 16.1. The number of Topliss-reactive ketones (excluding diaryl/α,β-unsaturated/α-hetero) is 1. The number of carbonyl (C=O) groups excluding carboxylic acids is 1. The fraction of sp³-hybridized carbons (Fsp3) is 0.571. The van der Waals surface area contributed by atoms with E-state index in [-0.39, 0.29) is 5.78 Å². The highest BCUT2D eigenvalue weighted by Gasteiger charge is 2.20. The Bertz CT molecular complexity index is 174. The second kappa shape index (κ2) is 2.84. The van der Waals surface area contributed by atoms with Gasteiger partial charge in [-0.1, -0.05) is 0 Å². The number of likely N-dealkylation sites (N-methyl/N-ethyl adjacent to an activating group) is 1. The molecule has 3 heteroatoms. The van der Waals surface area contributed by atoms with Gasteiger partial charge in [0.15, 0.2) is 5.78 Å². The van der Waals surface area contributed by atoms with Crippen molar-refractivity contribution >= 4 is 5.78 Å². The predicted molar refractivity (Wildman–Crippen MR) is 39.6 cm³/mol. The number of nitrogens with zero attached hydrogens (tertiary/aromatic N) is 1. The molecular formula is C7H12N2O. The first kappa shape index (κ1) is 7.28. The summed E-state index contributed by atoms with van der Waals surface area (Å²) in [6, 6.07) is 0. The van der Waals surface area contributed by atoms with Crippen molar-refractivity contribution in [1.29, 1.82) is 0 Å². The first-order chi connectivity index (χ1) is 4.74. The van der Waals surface area contributed by atoms with E-state index in [1.165, 1.54) is 0 Å². The summed E-state index contributed by atoms with van der Waals surface area (Å²) < 4.78 is 0. The van der Waals surface area contributed by atoms with Gasteiger partial charge in [0.05, 0.1) is 6.54 Å². The van der Waals surface area contributed by atoms with E-state index in [9.17, 15) is 4.79 Å². The lowest BCUT2D eigenvalue weighted by Gasteiger charge is -2.00. The minimum Gasteiger partial charge on any atom is -0.394 e. The zero-order valence-electron chi connectivity index (χ0n) is 6.35. The number of rotatable bonds is 1. The smallest absolute Gasteiger partial charge is 0.175 e. The highest BCUT2D eigenvalue weighted by Crippen LogP contribution is 2.07. The van der Waals surface area contributed by atoms with Crippen LogP contribution in [0.15, 0.2) is 11.8 Å². The van der Waals surface area contributed by atoms with E-state index in [1.54, 1.807) is 13.2 Å². The van der Waals surface area contributed by atoms with Crippen molar-refractivity contribution in [3.05, 3.63) is 11.8 Å². The third-order valence-corrected chi connectivity index (χ3v) is 1.53. The van der Waals surface area contributed by atoms with Gasteiger partial charge in [-0.3, -0.25) is 9.69 Å². The summed E-state index contributed by atoms with van der Waals surface area (Å²) in [7, 11) is 3.74. The molecule has 0 saturated carbocycles. The Hall–Kier alpha value is -0.830. The van der Waals surface area contributed by atoms with Gasteiger partial charge in [-0.25, -0.2) is 0 Å². The molecule has 1 heterocycles. The lowest BCUT2D eigenvalue weighted by molar-refractivity contribution is -0.114. The van der Waals surface area contributed by atoms with Crippen molar-refractivity contribution in [2.75, 3.05) is 27.2 Å². The summed E-state index contributed by atoms with van der Waals surface area (Å²) in [6.45, 7) is 1.34. The van der Waals surface area contributed by atoms with E-state index < -0.39 is 0 Å². The Balaban J connectivity index is 2.63. The molecule has 1 saturated heterocycles. The first-order valence-electron chi connectivity index (χ1n) is 3.32. The molecule has 1 rings (SSSR count). The predicted octanol–water partition coefficient (Wildman–Crippen LogP) is -0.396. The van der Waals surface area contributed by atoms with Crippen LogP contribution in [0.25, 0.3) is 0 Å². The molecule has 0 spiro atoms. The zero-order chi connectivity index (χ0) is 7.56. The maximum absolute atomic E-state index is 11.0. The molecule has 0 aromatic rings. The minimum absolute atomic E-state index is 0.233. The average Bonchev–Trinajstić information content (AvgIpc) is 2.13. The van der Waals surface area contributed by atoms with Crippen LogP contribution in [0.4, 0.5) is 0 Å². The van der Waals surface area contributed by atoms with Gasteiger partial charge < -0.3 is 5.32 Å². The number of ketones is 1. The molecule has 1 aliphatic heterocycles. The van der Waals surface area contributed by atoms with Gasteiger partial charge in [-0.05, 0) is 7.05 Å². The van der Waals surface area contributed by atoms with E-state index in [0.29, 0.717) is 6.54 Å². The second-order valence-corrected chi connectivity index (χ2v) is 2.55. The molecule has 1 N–H and O–H groups in total. The first-order valence-corrected chi connectivity index (χ1v) is 3.32. The summed E-state index contributed by atoms with van der Waals surface area (Å²) in [4.78, 5) is 13.0. The van der Waals surface area contributed by atoms with Crippen LogP contribution >= 0.6 is 0 Å². The van der Waals surface area contributed by atoms with E-state index in [2.05, 4.69) is 5.32 Å². The van der Waals surface area contributed by atoms with Crippen molar-refractivity contribution in [2.24, 2.45) is 0 Å². The van der Waals surface area contributed by atoms with Crippen LogP contribution in [0.5, 0.6) is 0 Å². The lowest BCUT2D eigenvalue weighted by atomic mass is 10.2. The summed E-state index contributed by atoms with van der Waals surface area (Å²) >= 11 is 0. The number of hydrogen-bond donors (Lipinski definition) is 1. The molecule has 1 aliphatic rings. The van der Waals surface area contributed by atoms with E-state index in [4.69, 9.17) is 0 Å². The maximum atomic E-state index is 11.0. The molecule has 3 nitrogen and oxygen atoms in total. The van der Waals surface area contributed by atoms with Gasteiger partial charge in [0.25, 0.3) is 0 Å². The van der Waals surface area contributed by atoms with Crippen molar-refractivity contribution in [3.8, 4) is 0 Å². The SMILES string of the molecule is CN/C=C1/CN(C)CC1=O. The molecule has 0 amide bonds. The fourth-order valence-electron chi connectivity index (χ4n) is 1.08. The van der Waals surface area contributed by atoms with Crippen molar-refractivity contribution < 1.29 is 4.79 Å². The summed E-state index contributed by atoms with van der Waals surface area (Å²) in [5.74, 6) is 0.233. The van der Waals surface area contributed by atoms with Crippen molar-refractivity contribution in [2.45, 2.75) is 0 Å². The molecule has 0 aliphatic carbocycles. The Morgan fingerprint density at radius 3 is 2.70 bits per heavy atom. The van der Waals surface area contributed by atoms with Crippen LogP contribution in [-0.2, 0) is 4.79 Å². The zero-order valence-corrected chi connectivity index (χ0v) is 6.35. The van der Waals surface area contributed by atoms with Crippen molar-refractivity contribution in [3.63, 3.8) is 0 Å². The molecular weight excluding hydrogens is 128 g/mol. The normalized spacial score (nSPS) is 24.2. The Kier molecular flexibility index (Phi) is 2.06. The Labute approximate surface area is 60.7 Å². The van der Waals surface area contributed by atoms with Crippen LogP contribution in [0.2, 0.25) is 0 Å². The molecule has 10 heavy (non-hydrogen) atoms. The molecule has 0 aromatic heterocycles. The quantitative estimate of drug-likeness (QED) is 0.503. The monoisotopic (exact) mass is 140 g/mol. The number of hydrogen-bond acceptors (Lipinski definition) is 3. The second-order valence-electron chi connectivity index (χ2n) is 2.55. The van der Waals surface area contributed by atoms with Gasteiger partial charge in [0, 0.05) is 25.4 Å². The molecule has 0 radical (unpaired) electrons. The number of nitrogens with one attached hydrogen (secondary N) is 1. The molecule has 0 unspecified atom stereocenters. The van der Waals surface area contributed by atoms with Gasteiger partial charge in [-0.2, -0.15) is 0 Å². The Morgan fingerprint density at radius 2 is 2.30 bits per heavy atom.